The Balaban J connectivity index is 1.94. The molecule has 4 heteroatoms. The van der Waals surface area contributed by atoms with Crippen molar-refractivity contribution >= 4 is 11.3 Å². The first-order chi connectivity index (χ1) is 9.78. The zero-order valence-electron chi connectivity index (χ0n) is 11.5. The van der Waals surface area contributed by atoms with Gasteiger partial charge in [-0.15, -0.1) is 11.3 Å². The van der Waals surface area contributed by atoms with Crippen LogP contribution in [0, 0.1) is 0 Å². The molecule has 0 saturated carbocycles. The molecule has 0 N–H and O–H groups in total. The van der Waals surface area contributed by atoms with Crippen molar-refractivity contribution in [2.45, 2.75) is 26.2 Å². The van der Waals surface area contributed by atoms with Gasteiger partial charge in [0, 0.05) is 17.7 Å². The average Bonchev–Trinajstić information content (AvgIpc) is 3.18. The summed E-state index contributed by atoms with van der Waals surface area (Å²) in [5, 5.41) is 1.20. The Morgan fingerprint density at radius 1 is 1.25 bits per heavy atom. The van der Waals surface area contributed by atoms with Gasteiger partial charge < -0.3 is 4.42 Å². The number of benzene rings is 1. The van der Waals surface area contributed by atoms with Gasteiger partial charge in [-0.3, -0.25) is 0 Å². The number of thiazole rings is 1. The lowest BCUT2D eigenvalue weighted by Gasteiger charge is -2.02. The maximum atomic E-state index is 5.35. The molecule has 3 aromatic rings. The van der Waals surface area contributed by atoms with Crippen LogP contribution in [0.15, 0.2) is 47.3 Å². The minimum atomic E-state index is 0.517. The molecule has 0 bridgehead atoms. The van der Waals surface area contributed by atoms with Crippen molar-refractivity contribution in [2.75, 3.05) is 0 Å². The molecule has 0 radical (unpaired) electrons. The van der Waals surface area contributed by atoms with E-state index in [-0.39, 0.29) is 0 Å². The molecule has 3 nitrogen and oxygen atoms in total. The third-order valence-electron chi connectivity index (χ3n) is 3.38. The van der Waals surface area contributed by atoms with Crippen molar-refractivity contribution in [1.29, 1.82) is 0 Å². The Kier molecular flexibility index (Phi) is 3.65. The van der Waals surface area contributed by atoms with Crippen LogP contribution in [0.25, 0.3) is 21.9 Å². The summed E-state index contributed by atoms with van der Waals surface area (Å²) in [6, 6.07) is 8.23. The van der Waals surface area contributed by atoms with Crippen molar-refractivity contribution in [3.63, 3.8) is 0 Å². The lowest BCUT2D eigenvalue weighted by atomic mass is 10.1. The maximum absolute atomic E-state index is 5.35. The highest BCUT2D eigenvalue weighted by molar-refractivity contribution is 7.15. The average molecular weight is 284 g/mol. The monoisotopic (exact) mass is 284 g/mol. The van der Waals surface area contributed by atoms with E-state index < -0.39 is 0 Å². The van der Waals surface area contributed by atoms with Crippen molar-refractivity contribution in [2.24, 2.45) is 0 Å². The second-order valence-corrected chi connectivity index (χ2v) is 5.85. The summed E-state index contributed by atoms with van der Waals surface area (Å²) in [6.07, 6.45) is 6.33. The van der Waals surface area contributed by atoms with Crippen LogP contribution in [-0.4, -0.2) is 9.97 Å². The van der Waals surface area contributed by atoms with Crippen molar-refractivity contribution in [1.82, 2.24) is 9.97 Å². The number of hydrogen-bond donors (Lipinski definition) is 0. The second-order valence-electron chi connectivity index (χ2n) is 4.79. The molecular weight excluding hydrogens is 268 g/mol. The Bertz CT molecular complexity index is 688. The van der Waals surface area contributed by atoms with E-state index in [2.05, 4.69) is 35.9 Å². The molecule has 2 aromatic heterocycles. The van der Waals surface area contributed by atoms with E-state index in [0.29, 0.717) is 11.8 Å². The molecular formula is C16H16N2OS. The predicted molar refractivity (Wildman–Crippen MR) is 81.8 cm³/mol. The standard InChI is InChI=1S/C16H16N2OS/c1-3-11(2)16-18-10-14(20-16)12-5-4-6-13(9-12)15-17-7-8-19-15/h4-11H,3H2,1-2H3. The fourth-order valence-electron chi connectivity index (χ4n) is 2.00. The fraction of sp³-hybridized carbons (Fsp3) is 0.250. The molecule has 0 aliphatic carbocycles. The normalized spacial score (nSPS) is 12.5. The SMILES string of the molecule is CCC(C)c1ncc(-c2cccc(-c3ncco3)c2)s1. The summed E-state index contributed by atoms with van der Waals surface area (Å²) in [5.74, 6) is 1.17. The molecule has 0 aliphatic rings. The summed E-state index contributed by atoms with van der Waals surface area (Å²) < 4.78 is 5.35. The zero-order chi connectivity index (χ0) is 13.9. The van der Waals surface area contributed by atoms with Gasteiger partial charge in [-0.1, -0.05) is 26.0 Å². The Morgan fingerprint density at radius 3 is 2.85 bits per heavy atom. The first kappa shape index (κ1) is 13.1. The van der Waals surface area contributed by atoms with Crippen LogP contribution >= 0.6 is 11.3 Å². The second kappa shape index (κ2) is 5.59. The number of nitrogens with zero attached hydrogens (tertiary/aromatic N) is 2. The molecule has 102 valence electrons. The van der Waals surface area contributed by atoms with Gasteiger partial charge in [0.1, 0.15) is 6.26 Å². The van der Waals surface area contributed by atoms with Gasteiger partial charge in [0.25, 0.3) is 0 Å². The molecule has 2 heterocycles. The molecule has 0 spiro atoms. The molecule has 3 rings (SSSR count). The van der Waals surface area contributed by atoms with Crippen LogP contribution in [-0.2, 0) is 0 Å². The number of rotatable bonds is 4. The number of aromatic nitrogens is 2. The molecule has 1 atom stereocenters. The van der Waals surface area contributed by atoms with Crippen molar-refractivity contribution in [3.8, 4) is 21.9 Å². The van der Waals surface area contributed by atoms with E-state index in [9.17, 15) is 0 Å². The summed E-state index contributed by atoms with van der Waals surface area (Å²) in [5.41, 5.74) is 2.15. The van der Waals surface area contributed by atoms with E-state index in [1.54, 1.807) is 23.8 Å². The van der Waals surface area contributed by atoms with E-state index in [0.717, 1.165) is 17.5 Å². The van der Waals surface area contributed by atoms with Gasteiger partial charge in [-0.25, -0.2) is 9.97 Å². The Morgan fingerprint density at radius 2 is 2.10 bits per heavy atom. The lowest BCUT2D eigenvalue weighted by molar-refractivity contribution is 0.574. The topological polar surface area (TPSA) is 38.9 Å². The van der Waals surface area contributed by atoms with E-state index in [4.69, 9.17) is 4.42 Å². The highest BCUT2D eigenvalue weighted by Gasteiger charge is 2.11. The van der Waals surface area contributed by atoms with Crippen LogP contribution in [0.4, 0.5) is 0 Å². The van der Waals surface area contributed by atoms with Gasteiger partial charge >= 0.3 is 0 Å². The third kappa shape index (κ3) is 2.51. The maximum Gasteiger partial charge on any atom is 0.225 e. The minimum absolute atomic E-state index is 0.517. The van der Waals surface area contributed by atoms with Crippen LogP contribution in [0.2, 0.25) is 0 Å². The van der Waals surface area contributed by atoms with E-state index in [1.807, 2.05) is 18.3 Å². The largest absolute Gasteiger partial charge is 0.445 e. The van der Waals surface area contributed by atoms with Gasteiger partial charge in [0.05, 0.1) is 16.1 Å². The first-order valence-corrected chi connectivity index (χ1v) is 7.55. The van der Waals surface area contributed by atoms with Gasteiger partial charge in [0.2, 0.25) is 5.89 Å². The van der Waals surface area contributed by atoms with Crippen molar-refractivity contribution in [3.05, 3.63) is 47.9 Å². The molecule has 0 saturated heterocycles. The number of oxazole rings is 1. The van der Waals surface area contributed by atoms with Crippen LogP contribution in [0.1, 0.15) is 31.2 Å². The van der Waals surface area contributed by atoms with Gasteiger partial charge in [0.15, 0.2) is 0 Å². The van der Waals surface area contributed by atoms with Crippen LogP contribution < -0.4 is 0 Å². The van der Waals surface area contributed by atoms with E-state index >= 15 is 0 Å². The zero-order valence-corrected chi connectivity index (χ0v) is 12.4. The van der Waals surface area contributed by atoms with Gasteiger partial charge in [-0.05, 0) is 24.1 Å². The quantitative estimate of drug-likeness (QED) is 0.678. The highest BCUT2D eigenvalue weighted by Crippen LogP contribution is 2.32. The Labute approximate surface area is 122 Å². The molecule has 1 unspecified atom stereocenters. The third-order valence-corrected chi connectivity index (χ3v) is 4.66. The highest BCUT2D eigenvalue weighted by atomic mass is 32.1. The molecule has 1 aromatic carbocycles. The molecule has 20 heavy (non-hydrogen) atoms. The van der Waals surface area contributed by atoms with Gasteiger partial charge in [-0.2, -0.15) is 0 Å². The van der Waals surface area contributed by atoms with Crippen LogP contribution in [0.3, 0.4) is 0 Å². The first-order valence-electron chi connectivity index (χ1n) is 6.74. The van der Waals surface area contributed by atoms with E-state index in [1.165, 1.54) is 9.88 Å². The summed E-state index contributed by atoms with van der Waals surface area (Å²) >= 11 is 1.76. The Hall–Kier alpha value is -1.94. The molecule has 0 amide bonds. The van der Waals surface area contributed by atoms with Crippen LogP contribution in [0.5, 0.6) is 0 Å². The lowest BCUT2D eigenvalue weighted by Crippen LogP contribution is -1.87. The summed E-state index contributed by atoms with van der Waals surface area (Å²) in [4.78, 5) is 9.91. The fourth-order valence-corrected chi connectivity index (χ4v) is 3.04. The minimum Gasteiger partial charge on any atom is -0.445 e. The predicted octanol–water partition coefficient (Wildman–Crippen LogP) is 4.98. The molecule has 0 aliphatic heterocycles. The van der Waals surface area contributed by atoms with Crippen molar-refractivity contribution < 1.29 is 4.42 Å². The summed E-state index contributed by atoms with van der Waals surface area (Å²) in [7, 11) is 0. The number of hydrogen-bond acceptors (Lipinski definition) is 4. The smallest absolute Gasteiger partial charge is 0.225 e. The molecule has 0 fully saturated rings. The summed E-state index contributed by atoms with van der Waals surface area (Å²) in [6.45, 7) is 4.40.